The van der Waals surface area contributed by atoms with Gasteiger partial charge in [0.05, 0.1) is 0 Å². The maximum atomic E-state index is 13.3. The predicted octanol–water partition coefficient (Wildman–Crippen LogP) is 5.93. The number of halogens is 12. The summed E-state index contributed by atoms with van der Waals surface area (Å²) in [5, 5.41) is 0. The average Bonchev–Trinajstić information content (AvgIpc) is 2.45. The van der Waals surface area contributed by atoms with Gasteiger partial charge in [-0.2, -0.15) is 48.3 Å². The first-order chi connectivity index (χ1) is 11.0. The first-order valence-electron chi connectivity index (χ1n) is 5.94. The van der Waals surface area contributed by atoms with Gasteiger partial charge in [-0.05, 0) is 24.3 Å². The zero-order chi connectivity index (χ0) is 19.9. The Kier molecular flexibility index (Phi) is 5.63. The Labute approximate surface area is 140 Å². The van der Waals surface area contributed by atoms with Crippen LogP contribution in [0, 0.1) is 0 Å². The summed E-state index contributed by atoms with van der Waals surface area (Å²) in [6, 6.07) is 4.22. The van der Waals surface area contributed by atoms with E-state index in [2.05, 4.69) is 20.7 Å². The van der Waals surface area contributed by atoms with Gasteiger partial charge < -0.3 is 4.74 Å². The zero-order valence-corrected chi connectivity index (χ0v) is 13.0. The molecule has 144 valence electrons. The van der Waals surface area contributed by atoms with Gasteiger partial charge in [0, 0.05) is 4.47 Å². The van der Waals surface area contributed by atoms with Crippen LogP contribution < -0.4 is 4.74 Å². The van der Waals surface area contributed by atoms with Crippen LogP contribution in [0.2, 0.25) is 0 Å². The lowest BCUT2D eigenvalue weighted by atomic mass is 9.98. The van der Waals surface area contributed by atoms with Crippen molar-refractivity contribution in [3.05, 3.63) is 28.7 Å². The van der Waals surface area contributed by atoms with Crippen LogP contribution >= 0.6 is 15.9 Å². The Bertz CT molecular complexity index is 594. The van der Waals surface area contributed by atoms with Gasteiger partial charge in [0.15, 0.2) is 6.61 Å². The molecule has 0 bridgehead atoms. The fraction of sp³-hybridized carbons (Fsp3) is 0.500. The van der Waals surface area contributed by atoms with E-state index in [1.165, 1.54) is 12.1 Å². The summed E-state index contributed by atoms with van der Waals surface area (Å²) in [4.78, 5) is 0. The van der Waals surface area contributed by atoms with Crippen LogP contribution in [0.5, 0.6) is 5.75 Å². The van der Waals surface area contributed by atoms with Gasteiger partial charge in [-0.15, -0.1) is 0 Å². The van der Waals surface area contributed by atoms with Gasteiger partial charge in [-0.3, -0.25) is 0 Å². The first-order valence-corrected chi connectivity index (χ1v) is 6.73. The van der Waals surface area contributed by atoms with Crippen LogP contribution in [0.3, 0.4) is 0 Å². The van der Waals surface area contributed by atoms with Gasteiger partial charge in [0.1, 0.15) is 5.75 Å². The van der Waals surface area contributed by atoms with E-state index in [4.69, 9.17) is 0 Å². The van der Waals surface area contributed by atoms with E-state index in [1.807, 2.05) is 0 Å². The largest absolute Gasteiger partial charge is 0.487 e. The van der Waals surface area contributed by atoms with E-state index in [-0.39, 0.29) is 0 Å². The lowest BCUT2D eigenvalue weighted by Crippen LogP contribution is -2.67. The highest BCUT2D eigenvalue weighted by atomic mass is 79.9. The quantitative estimate of drug-likeness (QED) is 0.484. The molecular formula is C12H6BrF11O. The highest BCUT2D eigenvalue weighted by Crippen LogP contribution is 2.57. The maximum Gasteiger partial charge on any atom is 0.460 e. The highest BCUT2D eigenvalue weighted by molar-refractivity contribution is 9.10. The Hall–Kier alpha value is -1.27. The Morgan fingerprint density at radius 3 is 1.52 bits per heavy atom. The summed E-state index contributed by atoms with van der Waals surface area (Å²) < 4.78 is 144. The third-order valence-electron chi connectivity index (χ3n) is 2.84. The monoisotopic (exact) mass is 454 g/mol. The Morgan fingerprint density at radius 1 is 0.680 bits per heavy atom. The first kappa shape index (κ1) is 21.8. The molecule has 0 N–H and O–H groups in total. The van der Waals surface area contributed by atoms with Crippen LogP contribution in [-0.4, -0.2) is 36.5 Å². The van der Waals surface area contributed by atoms with Gasteiger partial charge in [-0.25, -0.2) is 0 Å². The standard InChI is InChI=1S/C12H6BrF11O/c13-6-1-3-7(4-2-6)25-5-8(14,15)9(16,17)10(18,19)11(20,21)12(22,23)24/h1-4H,5H2. The Morgan fingerprint density at radius 2 is 1.12 bits per heavy atom. The smallest absolute Gasteiger partial charge is 0.460 e. The third kappa shape index (κ3) is 3.80. The second kappa shape index (κ2) is 6.47. The normalized spacial score (nSPS) is 14.6. The van der Waals surface area contributed by atoms with Gasteiger partial charge >= 0.3 is 29.9 Å². The van der Waals surface area contributed by atoms with Crippen molar-refractivity contribution in [3.63, 3.8) is 0 Å². The van der Waals surface area contributed by atoms with E-state index in [9.17, 15) is 48.3 Å². The number of hydrogen-bond acceptors (Lipinski definition) is 1. The molecule has 1 rings (SSSR count). The summed E-state index contributed by atoms with van der Waals surface area (Å²) in [6.45, 7) is -2.56. The molecule has 0 heterocycles. The highest BCUT2D eigenvalue weighted by Gasteiger charge is 2.87. The molecule has 0 spiro atoms. The van der Waals surface area contributed by atoms with Crippen molar-refractivity contribution < 1.29 is 53.0 Å². The second-order valence-electron chi connectivity index (χ2n) is 4.67. The van der Waals surface area contributed by atoms with Gasteiger partial charge in [0.2, 0.25) is 0 Å². The van der Waals surface area contributed by atoms with Crippen molar-refractivity contribution >= 4 is 15.9 Å². The fourth-order valence-electron chi connectivity index (χ4n) is 1.40. The van der Waals surface area contributed by atoms with Crippen molar-refractivity contribution in [1.82, 2.24) is 0 Å². The molecule has 0 amide bonds. The van der Waals surface area contributed by atoms with Crippen molar-refractivity contribution in [3.8, 4) is 5.75 Å². The molecule has 13 heteroatoms. The van der Waals surface area contributed by atoms with Gasteiger partial charge in [-0.1, -0.05) is 15.9 Å². The maximum absolute atomic E-state index is 13.3. The van der Waals surface area contributed by atoms with Crippen molar-refractivity contribution in [2.45, 2.75) is 29.9 Å². The molecule has 25 heavy (non-hydrogen) atoms. The van der Waals surface area contributed by atoms with E-state index >= 15 is 0 Å². The minimum absolute atomic E-state index is 0.397. The molecule has 0 fully saturated rings. The average molecular weight is 455 g/mol. The van der Waals surface area contributed by atoms with Crippen LogP contribution in [0.1, 0.15) is 0 Å². The van der Waals surface area contributed by atoms with Crippen LogP contribution in [0.25, 0.3) is 0 Å². The van der Waals surface area contributed by atoms with Crippen LogP contribution in [0.15, 0.2) is 28.7 Å². The summed E-state index contributed by atoms with van der Waals surface area (Å²) >= 11 is 2.92. The van der Waals surface area contributed by atoms with E-state index in [1.54, 1.807) is 0 Å². The van der Waals surface area contributed by atoms with Crippen LogP contribution in [-0.2, 0) is 0 Å². The molecule has 0 saturated carbocycles. The summed E-state index contributed by atoms with van der Waals surface area (Å²) in [5.74, 6) is -28.5. The van der Waals surface area contributed by atoms with Crippen molar-refractivity contribution in [2.75, 3.05) is 6.61 Å². The lowest BCUT2D eigenvalue weighted by Gasteiger charge is -2.37. The number of alkyl halides is 11. The summed E-state index contributed by atoms with van der Waals surface area (Å²) in [7, 11) is 0. The van der Waals surface area contributed by atoms with E-state index in [0.717, 1.165) is 12.1 Å². The second-order valence-corrected chi connectivity index (χ2v) is 5.58. The molecule has 0 aromatic heterocycles. The zero-order valence-electron chi connectivity index (χ0n) is 11.5. The lowest BCUT2D eigenvalue weighted by molar-refractivity contribution is -0.423. The van der Waals surface area contributed by atoms with Crippen molar-refractivity contribution in [2.24, 2.45) is 0 Å². The Balaban J connectivity index is 3.09. The minimum Gasteiger partial charge on any atom is -0.487 e. The molecule has 1 aromatic carbocycles. The molecule has 1 nitrogen and oxygen atoms in total. The van der Waals surface area contributed by atoms with Gasteiger partial charge in [0.25, 0.3) is 0 Å². The number of ether oxygens (including phenoxy) is 1. The molecule has 0 aliphatic heterocycles. The number of rotatable bonds is 6. The molecule has 0 saturated heterocycles. The van der Waals surface area contributed by atoms with E-state index in [0.29, 0.717) is 4.47 Å². The molecule has 1 aromatic rings. The molecule has 0 radical (unpaired) electrons. The van der Waals surface area contributed by atoms with E-state index < -0.39 is 42.2 Å². The molecule has 0 aliphatic rings. The number of hydrogen-bond donors (Lipinski definition) is 0. The third-order valence-corrected chi connectivity index (χ3v) is 3.37. The molecular weight excluding hydrogens is 449 g/mol. The predicted molar refractivity (Wildman–Crippen MR) is 65.5 cm³/mol. The summed E-state index contributed by atoms with van der Waals surface area (Å²) in [5.41, 5.74) is 0. The molecule has 0 aliphatic carbocycles. The fourth-order valence-corrected chi connectivity index (χ4v) is 1.66. The molecule has 0 unspecified atom stereocenters. The topological polar surface area (TPSA) is 9.23 Å². The molecule has 0 atom stereocenters. The summed E-state index contributed by atoms with van der Waals surface area (Å²) in [6.07, 6.45) is -7.18. The van der Waals surface area contributed by atoms with Crippen LogP contribution in [0.4, 0.5) is 48.3 Å². The SMILES string of the molecule is FC(F)(F)C(F)(F)C(F)(F)C(F)(F)C(F)(F)COc1ccc(Br)cc1. The number of benzene rings is 1. The minimum atomic E-state index is -7.43. The van der Waals surface area contributed by atoms with Crippen molar-refractivity contribution in [1.29, 1.82) is 0 Å².